The van der Waals surface area contributed by atoms with Gasteiger partial charge in [0.05, 0.1) is 19.9 Å². The third-order valence-corrected chi connectivity index (χ3v) is 5.33. The Morgan fingerprint density at radius 3 is 2.03 bits per heavy atom. The van der Waals surface area contributed by atoms with Crippen molar-refractivity contribution in [3.63, 3.8) is 0 Å². The Balaban J connectivity index is 1.68. The van der Waals surface area contributed by atoms with E-state index in [9.17, 15) is 4.79 Å². The number of rotatable bonds is 7. The van der Waals surface area contributed by atoms with Crippen LogP contribution in [0.3, 0.4) is 0 Å². The first-order chi connectivity index (χ1) is 17.0. The van der Waals surface area contributed by atoms with Crippen LogP contribution >= 0.6 is 0 Å². The Morgan fingerprint density at radius 1 is 0.829 bits per heavy atom. The zero-order valence-electron chi connectivity index (χ0n) is 20.0. The van der Waals surface area contributed by atoms with Gasteiger partial charge < -0.3 is 19.5 Å². The maximum Gasteiger partial charge on any atom is 0.425 e. The lowest BCUT2D eigenvalue weighted by molar-refractivity contribution is 0.209. The van der Waals surface area contributed by atoms with E-state index in [4.69, 9.17) is 14.2 Å². The number of carbonyl (C=O) groups excluding carboxylic acids is 1. The molecule has 1 aromatic heterocycles. The highest BCUT2D eigenvalue weighted by Crippen LogP contribution is 2.30. The lowest BCUT2D eigenvalue weighted by Crippen LogP contribution is -2.30. The van der Waals surface area contributed by atoms with Crippen molar-refractivity contribution in [3.8, 4) is 17.2 Å². The molecule has 0 fully saturated rings. The summed E-state index contributed by atoms with van der Waals surface area (Å²) in [6.45, 7) is 3.80. The smallest absolute Gasteiger partial charge is 0.425 e. The van der Waals surface area contributed by atoms with E-state index < -0.39 is 6.09 Å². The lowest BCUT2D eigenvalue weighted by Gasteiger charge is -2.23. The van der Waals surface area contributed by atoms with Crippen LogP contribution in [0.1, 0.15) is 11.1 Å². The van der Waals surface area contributed by atoms with Gasteiger partial charge in [-0.05, 0) is 73.5 Å². The zero-order chi connectivity index (χ0) is 24.8. The second-order valence-electron chi connectivity index (χ2n) is 7.71. The van der Waals surface area contributed by atoms with Gasteiger partial charge >= 0.3 is 6.09 Å². The van der Waals surface area contributed by atoms with Crippen molar-refractivity contribution in [2.45, 2.75) is 13.8 Å². The maximum absolute atomic E-state index is 13.5. The molecule has 0 saturated heterocycles. The molecule has 0 aliphatic heterocycles. The number of amides is 1. The third-order valence-electron chi connectivity index (χ3n) is 5.33. The topological polar surface area (TPSA) is 85.8 Å². The molecule has 35 heavy (non-hydrogen) atoms. The molecule has 8 heteroatoms. The first-order valence-electron chi connectivity index (χ1n) is 10.9. The number of benzene rings is 3. The average Bonchev–Trinajstić information content (AvgIpc) is 2.88. The summed E-state index contributed by atoms with van der Waals surface area (Å²) in [4.78, 5) is 23.8. The minimum atomic E-state index is -0.596. The largest absolute Gasteiger partial charge is 0.497 e. The van der Waals surface area contributed by atoms with E-state index in [1.165, 1.54) is 4.90 Å². The quantitative estimate of drug-likeness (QED) is 0.345. The number of carbonyl (C=O) groups is 1. The molecule has 0 unspecified atom stereocenters. The van der Waals surface area contributed by atoms with Crippen molar-refractivity contribution >= 4 is 29.2 Å². The number of para-hydroxylation sites is 1. The summed E-state index contributed by atoms with van der Waals surface area (Å²) in [6.07, 6.45) is 0.985. The molecule has 8 nitrogen and oxygen atoms in total. The monoisotopic (exact) mass is 470 g/mol. The van der Waals surface area contributed by atoms with E-state index in [1.807, 2.05) is 56.3 Å². The van der Waals surface area contributed by atoms with E-state index in [1.54, 1.807) is 50.7 Å². The highest BCUT2D eigenvalue weighted by Gasteiger charge is 2.24. The van der Waals surface area contributed by atoms with Gasteiger partial charge in [-0.15, -0.1) is 0 Å². The van der Waals surface area contributed by atoms with E-state index in [-0.39, 0.29) is 0 Å². The van der Waals surface area contributed by atoms with Gasteiger partial charge in [-0.3, -0.25) is 0 Å². The zero-order valence-corrected chi connectivity index (χ0v) is 20.0. The molecule has 3 aromatic carbocycles. The van der Waals surface area contributed by atoms with Crippen LogP contribution in [0, 0.1) is 13.8 Å². The molecule has 0 aliphatic rings. The first kappa shape index (κ1) is 23.6. The van der Waals surface area contributed by atoms with Gasteiger partial charge in [0.2, 0.25) is 5.95 Å². The number of aromatic nitrogens is 2. The molecular formula is C27H26N4O4. The molecule has 1 amide bonds. The van der Waals surface area contributed by atoms with Gasteiger partial charge in [-0.1, -0.05) is 18.2 Å². The summed E-state index contributed by atoms with van der Waals surface area (Å²) < 4.78 is 16.3. The van der Waals surface area contributed by atoms with Gasteiger partial charge in [-0.2, -0.15) is 4.98 Å². The van der Waals surface area contributed by atoms with Crippen LogP contribution in [0.2, 0.25) is 0 Å². The van der Waals surface area contributed by atoms with Gasteiger partial charge in [0.15, 0.2) is 0 Å². The lowest BCUT2D eigenvalue weighted by atomic mass is 10.1. The van der Waals surface area contributed by atoms with Crippen LogP contribution in [0.15, 0.2) is 79.0 Å². The minimum Gasteiger partial charge on any atom is -0.497 e. The molecular weight excluding hydrogens is 444 g/mol. The van der Waals surface area contributed by atoms with Crippen molar-refractivity contribution in [2.24, 2.45) is 0 Å². The number of anilines is 4. The second-order valence-corrected chi connectivity index (χ2v) is 7.71. The Hall–Kier alpha value is -4.59. The van der Waals surface area contributed by atoms with Crippen molar-refractivity contribution in [2.75, 3.05) is 24.4 Å². The molecule has 0 saturated carbocycles. The Kier molecular flexibility index (Phi) is 7.11. The number of hydrogen-bond donors (Lipinski definition) is 1. The van der Waals surface area contributed by atoms with Gasteiger partial charge in [-0.25, -0.2) is 14.7 Å². The highest BCUT2D eigenvalue weighted by molar-refractivity contribution is 5.96. The summed E-state index contributed by atoms with van der Waals surface area (Å²) in [5.74, 6) is 2.59. The SMILES string of the molecule is COc1ccc(Nc2nccc(N(C(=O)Oc3c(C)cccc3C)c3ccc(OC)cc3)n2)cc1. The van der Waals surface area contributed by atoms with E-state index in [0.717, 1.165) is 22.6 Å². The summed E-state index contributed by atoms with van der Waals surface area (Å²) >= 11 is 0. The number of methoxy groups -OCH3 is 2. The fraction of sp³-hybridized carbons (Fsp3) is 0.148. The van der Waals surface area contributed by atoms with Crippen LogP contribution in [-0.4, -0.2) is 30.3 Å². The predicted octanol–water partition coefficient (Wildman–Crippen LogP) is 6.19. The van der Waals surface area contributed by atoms with Gasteiger partial charge in [0.25, 0.3) is 0 Å². The molecule has 1 N–H and O–H groups in total. The Morgan fingerprint density at radius 2 is 1.43 bits per heavy atom. The molecule has 0 spiro atoms. The molecule has 4 rings (SSSR count). The van der Waals surface area contributed by atoms with Gasteiger partial charge in [0, 0.05) is 18.0 Å². The van der Waals surface area contributed by atoms with Gasteiger partial charge in [0.1, 0.15) is 23.1 Å². The van der Waals surface area contributed by atoms with Crippen molar-refractivity contribution in [1.29, 1.82) is 0 Å². The third kappa shape index (κ3) is 5.50. The fourth-order valence-corrected chi connectivity index (χ4v) is 3.49. The van der Waals surface area contributed by atoms with Crippen molar-refractivity contribution < 1.29 is 19.0 Å². The van der Waals surface area contributed by atoms with Crippen LogP contribution in [0.5, 0.6) is 17.2 Å². The summed E-state index contributed by atoms with van der Waals surface area (Å²) in [6, 6.07) is 21.8. The highest BCUT2D eigenvalue weighted by atomic mass is 16.6. The number of aryl methyl sites for hydroxylation is 2. The molecule has 0 bridgehead atoms. The standard InChI is InChI=1S/C27H26N4O4/c1-18-6-5-7-19(2)25(18)35-27(32)31(21-10-14-23(34-4)15-11-21)24-16-17-28-26(30-24)29-20-8-12-22(33-3)13-9-20/h5-17H,1-4H3,(H,28,29,30). The number of hydrogen-bond acceptors (Lipinski definition) is 7. The summed E-state index contributed by atoms with van der Waals surface area (Å²) in [5, 5.41) is 3.15. The molecule has 178 valence electrons. The van der Waals surface area contributed by atoms with Crippen LogP contribution in [0.4, 0.5) is 27.9 Å². The maximum atomic E-state index is 13.5. The fourth-order valence-electron chi connectivity index (χ4n) is 3.49. The molecule has 1 heterocycles. The minimum absolute atomic E-state index is 0.325. The van der Waals surface area contributed by atoms with Crippen LogP contribution in [0.25, 0.3) is 0 Å². The predicted molar refractivity (Wildman–Crippen MR) is 135 cm³/mol. The van der Waals surface area contributed by atoms with Crippen LogP contribution < -0.4 is 24.4 Å². The normalized spacial score (nSPS) is 10.4. The van der Waals surface area contributed by atoms with E-state index in [0.29, 0.717) is 29.0 Å². The van der Waals surface area contributed by atoms with Crippen molar-refractivity contribution in [3.05, 3.63) is 90.1 Å². The molecule has 4 aromatic rings. The van der Waals surface area contributed by atoms with E-state index >= 15 is 0 Å². The number of nitrogens with zero attached hydrogens (tertiary/aromatic N) is 3. The summed E-state index contributed by atoms with van der Waals surface area (Å²) in [5.41, 5.74) is 3.06. The Labute approximate surface area is 204 Å². The molecule has 0 atom stereocenters. The van der Waals surface area contributed by atoms with Crippen molar-refractivity contribution in [1.82, 2.24) is 9.97 Å². The Bertz CT molecular complexity index is 1290. The first-order valence-corrected chi connectivity index (χ1v) is 10.9. The van der Waals surface area contributed by atoms with Crippen LogP contribution in [-0.2, 0) is 0 Å². The number of nitrogens with one attached hydrogen (secondary N) is 1. The molecule has 0 radical (unpaired) electrons. The summed E-state index contributed by atoms with van der Waals surface area (Å²) in [7, 11) is 3.20. The number of ether oxygens (including phenoxy) is 3. The van der Waals surface area contributed by atoms with E-state index in [2.05, 4.69) is 15.3 Å². The second kappa shape index (κ2) is 10.6. The molecule has 0 aliphatic carbocycles. The average molecular weight is 471 g/mol.